The van der Waals surface area contributed by atoms with Crippen molar-refractivity contribution in [3.63, 3.8) is 0 Å². The summed E-state index contributed by atoms with van der Waals surface area (Å²) in [5, 5.41) is -0.574. The summed E-state index contributed by atoms with van der Waals surface area (Å²) < 4.78 is 77.3. The average Bonchev–Trinajstić information content (AvgIpc) is 3.62. The molecule has 2 aliphatic rings. The third-order valence-electron chi connectivity index (χ3n) is 6.14. The minimum Gasteiger partial charge on any atom is -0.489 e. The number of amides is 1. The molecule has 1 saturated heterocycles. The third kappa shape index (κ3) is 6.21. The number of hydrogen-bond acceptors (Lipinski definition) is 4. The number of carbonyl (C=O) groups is 1. The van der Waals surface area contributed by atoms with Crippen LogP contribution in [0.5, 0.6) is 5.75 Å². The first-order chi connectivity index (χ1) is 16.6. The number of benzene rings is 2. The number of rotatable bonds is 7. The van der Waals surface area contributed by atoms with E-state index in [4.69, 9.17) is 16.3 Å². The van der Waals surface area contributed by atoms with Crippen LogP contribution in [-0.4, -0.2) is 36.3 Å². The Hall–Kier alpha value is -2.04. The van der Waals surface area contributed by atoms with E-state index in [0.717, 1.165) is 36.4 Å². The summed E-state index contributed by atoms with van der Waals surface area (Å²) in [5.41, 5.74) is -0.417. The fourth-order valence-electron chi connectivity index (χ4n) is 4.31. The van der Waals surface area contributed by atoms with Crippen molar-refractivity contribution in [3.05, 3.63) is 63.2 Å². The molecular weight excluding hydrogens is 511 g/mol. The Labute approximate surface area is 209 Å². The molecule has 1 saturated carbocycles. The molecule has 0 spiro atoms. The van der Waals surface area contributed by atoms with E-state index in [1.54, 1.807) is 11.2 Å². The Balaban J connectivity index is 1.50. The fourth-order valence-corrected chi connectivity index (χ4v) is 4.84. The van der Waals surface area contributed by atoms with Gasteiger partial charge in [0.15, 0.2) is 0 Å². The smallest absolute Gasteiger partial charge is 0.416 e. The summed E-state index contributed by atoms with van der Waals surface area (Å²) in [4.78, 5) is 14.0. The first-order valence-corrected chi connectivity index (χ1v) is 12.8. The lowest BCUT2D eigenvalue weighted by Crippen LogP contribution is -2.41. The van der Waals surface area contributed by atoms with Gasteiger partial charge >= 0.3 is 6.18 Å². The number of halogens is 6. The van der Waals surface area contributed by atoms with Crippen LogP contribution in [0.3, 0.4) is 0 Å². The second-order valence-corrected chi connectivity index (χ2v) is 9.85. The molecule has 0 radical (unpaired) electrons. The summed E-state index contributed by atoms with van der Waals surface area (Å²) >= 11 is 6.80. The van der Waals surface area contributed by atoms with Gasteiger partial charge in [0.05, 0.1) is 16.1 Å². The second-order valence-electron chi connectivity index (χ2n) is 8.83. The lowest BCUT2D eigenvalue weighted by atomic mass is 10.0. The van der Waals surface area contributed by atoms with Crippen LogP contribution < -0.4 is 9.46 Å². The number of alkyl halides is 3. The molecule has 1 aliphatic carbocycles. The summed E-state index contributed by atoms with van der Waals surface area (Å²) in [6.45, 7) is 0.811. The van der Waals surface area contributed by atoms with Gasteiger partial charge in [-0.1, -0.05) is 23.5 Å². The van der Waals surface area contributed by atoms with Gasteiger partial charge in [-0.3, -0.25) is 14.4 Å². The van der Waals surface area contributed by atoms with Gasteiger partial charge in [0, 0.05) is 31.0 Å². The molecule has 190 valence electrons. The molecule has 1 heterocycles. The maximum absolute atomic E-state index is 14.7. The standard InChI is InChI=1S/C24H24ClF5N2O2S/c1-35-31-23(33)18-9-17(13-4-5-13)21(10-20(18)26)34-16-3-2-6-32(12-16)11-14-7-15(24(28,29)30)8-19(25)22(14)27/h7-10,13,16H,2-6,11-12H2,1H3,(H,31,33). The minimum atomic E-state index is -4.64. The Kier molecular flexibility index (Phi) is 7.83. The topological polar surface area (TPSA) is 41.6 Å². The summed E-state index contributed by atoms with van der Waals surface area (Å²) in [6.07, 6.45) is -0.172. The highest BCUT2D eigenvalue weighted by Crippen LogP contribution is 2.45. The summed E-state index contributed by atoms with van der Waals surface area (Å²) in [6, 6.07) is 4.13. The molecule has 1 unspecified atom stereocenters. The van der Waals surface area contributed by atoms with Gasteiger partial charge in [-0.25, -0.2) is 8.78 Å². The molecule has 1 amide bonds. The molecule has 4 nitrogen and oxygen atoms in total. The number of nitrogens with one attached hydrogen (secondary N) is 1. The van der Waals surface area contributed by atoms with Crippen LogP contribution in [0.4, 0.5) is 22.0 Å². The van der Waals surface area contributed by atoms with Gasteiger partial charge in [0.25, 0.3) is 5.91 Å². The number of likely N-dealkylation sites (tertiary alicyclic amines) is 1. The van der Waals surface area contributed by atoms with E-state index in [1.807, 2.05) is 0 Å². The normalized spacial score (nSPS) is 19.0. The predicted octanol–water partition coefficient (Wildman–Crippen LogP) is 6.57. The highest BCUT2D eigenvalue weighted by Gasteiger charge is 2.34. The van der Waals surface area contributed by atoms with Gasteiger partial charge < -0.3 is 4.74 Å². The van der Waals surface area contributed by atoms with Gasteiger partial charge in [-0.05, 0) is 61.9 Å². The summed E-state index contributed by atoms with van der Waals surface area (Å²) in [5.74, 6) is -1.53. The average molecular weight is 535 g/mol. The molecule has 1 aliphatic heterocycles. The molecule has 35 heavy (non-hydrogen) atoms. The van der Waals surface area contributed by atoms with Crippen LogP contribution in [0.25, 0.3) is 0 Å². The SMILES string of the molecule is CSNC(=O)c1cc(C2CC2)c(OC2CCCN(Cc3cc(C(F)(F)F)cc(Cl)c3F)C2)cc1F. The van der Waals surface area contributed by atoms with Crippen molar-refractivity contribution in [2.75, 3.05) is 19.3 Å². The van der Waals surface area contributed by atoms with Crippen LogP contribution in [0, 0.1) is 11.6 Å². The quantitative estimate of drug-likeness (QED) is 0.322. The Morgan fingerprint density at radius 3 is 2.60 bits per heavy atom. The van der Waals surface area contributed by atoms with Gasteiger partial charge in [-0.2, -0.15) is 13.2 Å². The number of ether oxygens (including phenoxy) is 1. The van der Waals surface area contributed by atoms with Gasteiger partial charge in [0.1, 0.15) is 23.5 Å². The molecule has 4 rings (SSSR count). The van der Waals surface area contributed by atoms with E-state index in [0.29, 0.717) is 37.7 Å². The molecule has 0 aromatic heterocycles. The Morgan fingerprint density at radius 2 is 1.94 bits per heavy atom. The molecule has 2 aromatic carbocycles. The van der Waals surface area contributed by atoms with Crippen molar-refractivity contribution in [2.24, 2.45) is 0 Å². The van der Waals surface area contributed by atoms with Gasteiger partial charge in [-0.15, -0.1) is 0 Å². The number of carbonyl (C=O) groups excluding carboxylic acids is 1. The number of hydrogen-bond donors (Lipinski definition) is 1. The highest BCUT2D eigenvalue weighted by molar-refractivity contribution is 7.97. The van der Waals surface area contributed by atoms with Crippen molar-refractivity contribution in [1.82, 2.24) is 9.62 Å². The molecule has 11 heteroatoms. The Morgan fingerprint density at radius 1 is 1.20 bits per heavy atom. The fraction of sp³-hybridized carbons (Fsp3) is 0.458. The van der Waals surface area contributed by atoms with Crippen LogP contribution in [0.2, 0.25) is 5.02 Å². The highest BCUT2D eigenvalue weighted by atomic mass is 35.5. The van der Waals surface area contributed by atoms with E-state index in [9.17, 15) is 26.7 Å². The second kappa shape index (κ2) is 10.5. The first kappa shape index (κ1) is 26.0. The molecule has 1 N–H and O–H groups in total. The summed E-state index contributed by atoms with van der Waals surface area (Å²) in [7, 11) is 0. The third-order valence-corrected chi connectivity index (χ3v) is 6.80. The van der Waals surface area contributed by atoms with E-state index in [2.05, 4.69) is 4.72 Å². The van der Waals surface area contributed by atoms with Crippen molar-refractivity contribution in [2.45, 2.75) is 50.4 Å². The van der Waals surface area contributed by atoms with Crippen molar-refractivity contribution >= 4 is 29.5 Å². The largest absolute Gasteiger partial charge is 0.489 e. The zero-order chi connectivity index (χ0) is 25.3. The van der Waals surface area contributed by atoms with Gasteiger partial charge in [0.2, 0.25) is 0 Å². The lowest BCUT2D eigenvalue weighted by Gasteiger charge is -2.33. The minimum absolute atomic E-state index is 0.0456. The van der Waals surface area contributed by atoms with Crippen LogP contribution in [0.1, 0.15) is 58.6 Å². The zero-order valence-electron chi connectivity index (χ0n) is 18.9. The molecule has 0 bridgehead atoms. The molecule has 1 atom stereocenters. The van der Waals surface area contributed by atoms with Crippen LogP contribution >= 0.6 is 23.5 Å². The van der Waals surface area contributed by atoms with E-state index >= 15 is 0 Å². The molecule has 2 fully saturated rings. The van der Waals surface area contributed by atoms with Crippen molar-refractivity contribution in [1.29, 1.82) is 0 Å². The van der Waals surface area contributed by atoms with E-state index < -0.39 is 34.3 Å². The number of piperidine rings is 1. The maximum atomic E-state index is 14.7. The van der Waals surface area contributed by atoms with Crippen molar-refractivity contribution in [3.8, 4) is 5.75 Å². The monoisotopic (exact) mass is 534 g/mol. The van der Waals surface area contributed by atoms with Crippen LogP contribution in [-0.2, 0) is 12.7 Å². The predicted molar refractivity (Wildman–Crippen MR) is 125 cm³/mol. The Bertz CT molecular complexity index is 1110. The van der Waals surface area contributed by atoms with E-state index in [-0.39, 0.29) is 29.7 Å². The maximum Gasteiger partial charge on any atom is 0.416 e. The number of nitrogens with zero attached hydrogens (tertiary/aromatic N) is 1. The van der Waals surface area contributed by atoms with Crippen LogP contribution in [0.15, 0.2) is 24.3 Å². The van der Waals surface area contributed by atoms with E-state index in [1.165, 1.54) is 12.1 Å². The molecular formula is C24H24ClF5N2O2S. The van der Waals surface area contributed by atoms with Crippen molar-refractivity contribution < 1.29 is 31.5 Å². The molecule has 2 aromatic rings. The lowest BCUT2D eigenvalue weighted by molar-refractivity contribution is -0.137. The first-order valence-electron chi connectivity index (χ1n) is 11.2. The zero-order valence-corrected chi connectivity index (χ0v) is 20.4.